The van der Waals surface area contributed by atoms with Crippen molar-refractivity contribution in [3.8, 4) is 0 Å². The minimum atomic E-state index is -0.409. The van der Waals surface area contributed by atoms with E-state index in [0.717, 1.165) is 18.4 Å². The topological polar surface area (TPSA) is 87.8 Å². The summed E-state index contributed by atoms with van der Waals surface area (Å²) in [5, 5.41) is 2.97. The van der Waals surface area contributed by atoms with Gasteiger partial charge in [0, 0.05) is 37.4 Å². The Hall–Kier alpha value is -3.39. The molecular formula is C25H30N4O4. The zero-order valence-electron chi connectivity index (χ0n) is 19.3. The molecule has 1 atom stereocenters. The van der Waals surface area contributed by atoms with Crippen molar-refractivity contribution in [2.24, 2.45) is 5.92 Å². The van der Waals surface area contributed by atoms with E-state index >= 15 is 0 Å². The first kappa shape index (κ1) is 22.8. The van der Waals surface area contributed by atoms with Crippen molar-refractivity contribution >= 4 is 28.6 Å². The van der Waals surface area contributed by atoms with E-state index in [9.17, 15) is 14.4 Å². The van der Waals surface area contributed by atoms with Crippen LogP contribution in [0.2, 0.25) is 0 Å². The van der Waals surface area contributed by atoms with E-state index in [1.165, 1.54) is 0 Å². The Morgan fingerprint density at radius 2 is 1.91 bits per heavy atom. The van der Waals surface area contributed by atoms with Gasteiger partial charge in [-0.15, -0.1) is 0 Å². The minimum Gasteiger partial charge on any atom is -0.408 e. The molecule has 1 unspecified atom stereocenters. The summed E-state index contributed by atoms with van der Waals surface area (Å²) in [6.45, 7) is 4.21. The average molecular weight is 451 g/mol. The molecule has 3 aromatic rings. The fraction of sp³-hybridized carbons (Fsp3) is 0.400. The molecule has 1 saturated heterocycles. The van der Waals surface area contributed by atoms with Crippen LogP contribution in [0.4, 0.5) is 5.69 Å². The summed E-state index contributed by atoms with van der Waals surface area (Å²) in [4.78, 5) is 41.9. The normalized spacial score (nSPS) is 16.4. The van der Waals surface area contributed by atoms with E-state index in [0.29, 0.717) is 48.5 Å². The van der Waals surface area contributed by atoms with Gasteiger partial charge in [0.25, 0.3) is 5.91 Å². The summed E-state index contributed by atoms with van der Waals surface area (Å²) >= 11 is 0. The Morgan fingerprint density at radius 1 is 1.15 bits per heavy atom. The number of carbonyl (C=O) groups is 2. The molecule has 1 aliphatic rings. The van der Waals surface area contributed by atoms with Gasteiger partial charge in [-0.05, 0) is 64.2 Å². The monoisotopic (exact) mass is 450 g/mol. The highest BCUT2D eigenvalue weighted by molar-refractivity contribution is 5.97. The molecule has 2 amide bonds. The number of benzene rings is 2. The van der Waals surface area contributed by atoms with Gasteiger partial charge in [-0.1, -0.05) is 17.7 Å². The third kappa shape index (κ3) is 5.17. The molecule has 0 radical (unpaired) electrons. The third-order valence-electron chi connectivity index (χ3n) is 6.08. The minimum absolute atomic E-state index is 0.0442. The Kier molecular flexibility index (Phi) is 6.65. The number of fused-ring (bicyclic) bond motifs is 1. The number of hydrogen-bond acceptors (Lipinski definition) is 5. The van der Waals surface area contributed by atoms with Crippen LogP contribution in [0.3, 0.4) is 0 Å². The van der Waals surface area contributed by atoms with Crippen LogP contribution in [-0.4, -0.2) is 59.9 Å². The maximum atomic E-state index is 13.0. The van der Waals surface area contributed by atoms with E-state index in [1.54, 1.807) is 27.7 Å². The van der Waals surface area contributed by atoms with Crippen molar-refractivity contribution in [1.82, 2.24) is 14.4 Å². The van der Waals surface area contributed by atoms with Crippen LogP contribution in [0, 0.1) is 12.8 Å². The standard InChI is InChI=1S/C25H30N4O4/c1-17-6-8-18(9-7-17)24(31)28-12-4-5-19(16-28)23(30)26-20-10-11-22-21(15-20)29(25(32)33-22)14-13-27(2)3/h6-11,15,19H,4-5,12-14,16H2,1-3H3,(H,26,30). The molecule has 0 aliphatic carbocycles. The maximum Gasteiger partial charge on any atom is 0.419 e. The molecule has 2 heterocycles. The number of likely N-dealkylation sites (N-methyl/N-ethyl adjacent to an activating group) is 1. The van der Waals surface area contributed by atoms with Crippen molar-refractivity contribution in [2.45, 2.75) is 26.3 Å². The summed E-state index contributed by atoms with van der Waals surface area (Å²) in [6.07, 6.45) is 1.51. The number of nitrogens with zero attached hydrogens (tertiary/aromatic N) is 3. The first-order valence-corrected chi connectivity index (χ1v) is 11.3. The van der Waals surface area contributed by atoms with Crippen LogP contribution in [0.5, 0.6) is 0 Å². The number of likely N-dealkylation sites (tertiary alicyclic amines) is 1. The molecular weight excluding hydrogens is 420 g/mol. The first-order valence-electron chi connectivity index (χ1n) is 11.3. The van der Waals surface area contributed by atoms with Gasteiger partial charge in [-0.3, -0.25) is 14.2 Å². The fourth-order valence-electron chi connectivity index (χ4n) is 4.15. The van der Waals surface area contributed by atoms with Crippen LogP contribution >= 0.6 is 0 Å². The number of amides is 2. The van der Waals surface area contributed by atoms with Gasteiger partial charge in [0.15, 0.2) is 5.58 Å². The van der Waals surface area contributed by atoms with E-state index in [1.807, 2.05) is 50.2 Å². The number of anilines is 1. The molecule has 0 spiro atoms. The molecule has 1 fully saturated rings. The zero-order valence-corrected chi connectivity index (χ0v) is 19.3. The molecule has 4 rings (SSSR count). The SMILES string of the molecule is Cc1ccc(C(=O)N2CCCC(C(=O)Nc3ccc4oc(=O)n(CCN(C)C)c4c3)C2)cc1. The van der Waals surface area contributed by atoms with E-state index in [-0.39, 0.29) is 17.7 Å². The molecule has 1 N–H and O–H groups in total. The second-order valence-corrected chi connectivity index (χ2v) is 8.95. The highest BCUT2D eigenvalue weighted by Crippen LogP contribution is 2.23. The van der Waals surface area contributed by atoms with Crippen LogP contribution in [-0.2, 0) is 11.3 Å². The van der Waals surface area contributed by atoms with E-state index < -0.39 is 5.76 Å². The van der Waals surface area contributed by atoms with Gasteiger partial charge in [0.05, 0.1) is 11.4 Å². The Bertz CT molecular complexity index is 1210. The fourth-order valence-corrected chi connectivity index (χ4v) is 4.15. The van der Waals surface area contributed by atoms with Gasteiger partial charge in [0.2, 0.25) is 5.91 Å². The van der Waals surface area contributed by atoms with Gasteiger partial charge < -0.3 is 19.5 Å². The Labute approximate surface area is 192 Å². The zero-order chi connectivity index (χ0) is 23.5. The lowest BCUT2D eigenvalue weighted by atomic mass is 9.96. The largest absolute Gasteiger partial charge is 0.419 e. The molecule has 2 aromatic carbocycles. The number of piperidine rings is 1. The van der Waals surface area contributed by atoms with Crippen LogP contribution in [0.25, 0.3) is 11.1 Å². The first-order chi connectivity index (χ1) is 15.8. The molecule has 33 heavy (non-hydrogen) atoms. The van der Waals surface area contributed by atoms with Gasteiger partial charge in [-0.25, -0.2) is 4.79 Å². The van der Waals surface area contributed by atoms with Crippen LogP contribution in [0.1, 0.15) is 28.8 Å². The second kappa shape index (κ2) is 9.62. The number of aryl methyl sites for hydroxylation is 1. The van der Waals surface area contributed by atoms with Crippen LogP contribution in [0.15, 0.2) is 51.7 Å². The van der Waals surface area contributed by atoms with E-state index in [2.05, 4.69) is 5.32 Å². The van der Waals surface area contributed by atoms with Crippen molar-refractivity contribution in [2.75, 3.05) is 39.0 Å². The molecule has 8 nitrogen and oxygen atoms in total. The van der Waals surface area contributed by atoms with Gasteiger partial charge >= 0.3 is 5.76 Å². The number of rotatable bonds is 6. The van der Waals surface area contributed by atoms with E-state index in [4.69, 9.17) is 4.42 Å². The highest BCUT2D eigenvalue weighted by Gasteiger charge is 2.29. The molecule has 0 bridgehead atoms. The molecule has 1 aromatic heterocycles. The average Bonchev–Trinajstić information content (AvgIpc) is 3.12. The second-order valence-electron chi connectivity index (χ2n) is 8.95. The third-order valence-corrected chi connectivity index (χ3v) is 6.08. The van der Waals surface area contributed by atoms with Crippen molar-refractivity contribution in [3.05, 3.63) is 64.1 Å². The lowest BCUT2D eigenvalue weighted by molar-refractivity contribution is -0.121. The number of oxazole rings is 1. The summed E-state index contributed by atoms with van der Waals surface area (Å²) in [5.41, 5.74) is 3.49. The van der Waals surface area contributed by atoms with Gasteiger partial charge in [-0.2, -0.15) is 0 Å². The Balaban J connectivity index is 1.46. The van der Waals surface area contributed by atoms with Crippen molar-refractivity contribution < 1.29 is 14.0 Å². The lowest BCUT2D eigenvalue weighted by Gasteiger charge is -2.32. The summed E-state index contributed by atoms with van der Waals surface area (Å²) in [7, 11) is 3.88. The molecule has 8 heteroatoms. The Morgan fingerprint density at radius 3 is 2.64 bits per heavy atom. The quantitative estimate of drug-likeness (QED) is 0.624. The summed E-state index contributed by atoms with van der Waals surface area (Å²) < 4.78 is 6.91. The number of carbonyl (C=O) groups excluding carboxylic acids is 2. The molecule has 1 aliphatic heterocycles. The smallest absolute Gasteiger partial charge is 0.408 e. The van der Waals surface area contributed by atoms with Crippen molar-refractivity contribution in [3.63, 3.8) is 0 Å². The molecule has 0 saturated carbocycles. The summed E-state index contributed by atoms with van der Waals surface area (Å²) in [5.74, 6) is -0.865. The van der Waals surface area contributed by atoms with Gasteiger partial charge in [0.1, 0.15) is 0 Å². The number of aromatic nitrogens is 1. The lowest BCUT2D eigenvalue weighted by Crippen LogP contribution is -2.43. The predicted octanol–water partition coefficient (Wildman–Crippen LogP) is 2.96. The van der Waals surface area contributed by atoms with Crippen LogP contribution < -0.4 is 11.1 Å². The maximum absolute atomic E-state index is 13.0. The summed E-state index contributed by atoms with van der Waals surface area (Å²) in [6, 6.07) is 12.7. The number of hydrogen-bond donors (Lipinski definition) is 1. The highest BCUT2D eigenvalue weighted by atomic mass is 16.4. The molecule has 174 valence electrons. The number of nitrogens with one attached hydrogen (secondary N) is 1. The van der Waals surface area contributed by atoms with Crippen molar-refractivity contribution in [1.29, 1.82) is 0 Å². The predicted molar refractivity (Wildman–Crippen MR) is 127 cm³/mol.